The summed E-state index contributed by atoms with van der Waals surface area (Å²) in [6.07, 6.45) is 10.5. The van der Waals surface area contributed by atoms with Crippen molar-refractivity contribution in [1.29, 1.82) is 0 Å². The molecule has 0 spiro atoms. The van der Waals surface area contributed by atoms with Crippen LogP contribution in [0.4, 0.5) is 5.00 Å². The summed E-state index contributed by atoms with van der Waals surface area (Å²) in [5.74, 6) is 0.00638. The van der Waals surface area contributed by atoms with Crippen LogP contribution in [-0.4, -0.2) is 44.4 Å². The molecule has 2 amide bonds. The highest BCUT2D eigenvalue weighted by Gasteiger charge is 2.30. The standard InChI is InChI=1S/C29H37N5O4S3/c1-3-38-28(37)24-20-13-8-5-9-14-21(20)41-27(24)31-25(35)18(2)40-29-33-32-23(34(29)19-11-6-4-7-12-19)17-30-26(36)22-15-10-16-39-22/h10,15-16,18-19H,3-9,11-14,17H2,1-2H3,(H,30,36)(H,31,35)/t18-/m0/s1. The van der Waals surface area contributed by atoms with E-state index in [4.69, 9.17) is 4.74 Å². The van der Waals surface area contributed by atoms with Gasteiger partial charge in [-0.3, -0.25) is 9.59 Å². The van der Waals surface area contributed by atoms with Gasteiger partial charge in [-0.1, -0.05) is 43.5 Å². The number of hydrogen-bond donors (Lipinski definition) is 2. The number of nitrogens with zero attached hydrogens (tertiary/aromatic N) is 3. The minimum atomic E-state index is -0.480. The van der Waals surface area contributed by atoms with E-state index in [0.29, 0.717) is 26.4 Å². The molecule has 0 bridgehead atoms. The average Bonchev–Trinajstić information content (AvgIpc) is 3.69. The van der Waals surface area contributed by atoms with E-state index < -0.39 is 5.25 Å². The van der Waals surface area contributed by atoms with Gasteiger partial charge in [-0.05, 0) is 69.4 Å². The molecule has 3 aromatic heterocycles. The summed E-state index contributed by atoms with van der Waals surface area (Å²) in [5, 5.41) is 17.6. The first-order valence-corrected chi connectivity index (χ1v) is 17.1. The molecule has 1 fully saturated rings. The highest BCUT2D eigenvalue weighted by Crippen LogP contribution is 2.39. The maximum atomic E-state index is 13.5. The largest absolute Gasteiger partial charge is 0.462 e. The SMILES string of the molecule is CCOC(=O)c1c(NC(=O)[C@H](C)Sc2nnc(CNC(=O)c3cccs3)n2C2CCCCC2)sc2c1CCCCC2. The summed E-state index contributed by atoms with van der Waals surface area (Å²) < 4.78 is 7.51. The van der Waals surface area contributed by atoms with Crippen molar-refractivity contribution in [3.8, 4) is 0 Å². The van der Waals surface area contributed by atoms with Crippen molar-refractivity contribution in [3.63, 3.8) is 0 Å². The molecule has 0 radical (unpaired) electrons. The average molecular weight is 616 g/mol. The van der Waals surface area contributed by atoms with Crippen molar-refractivity contribution in [2.45, 2.75) is 101 Å². The van der Waals surface area contributed by atoms with E-state index in [-0.39, 0.29) is 37.0 Å². The fraction of sp³-hybridized carbons (Fsp3) is 0.552. The number of fused-ring (bicyclic) bond motifs is 1. The molecule has 0 unspecified atom stereocenters. The first kappa shape index (κ1) is 29.8. The Kier molecular flexibility index (Phi) is 10.2. The molecule has 0 aliphatic heterocycles. The quantitative estimate of drug-likeness (QED) is 0.154. The first-order valence-electron chi connectivity index (χ1n) is 14.5. The van der Waals surface area contributed by atoms with Crippen LogP contribution in [0.3, 0.4) is 0 Å². The Balaban J connectivity index is 1.33. The zero-order chi connectivity index (χ0) is 28.8. The fourth-order valence-corrected chi connectivity index (χ4v) is 8.40. The van der Waals surface area contributed by atoms with Crippen molar-refractivity contribution in [3.05, 3.63) is 44.2 Å². The van der Waals surface area contributed by atoms with Crippen LogP contribution >= 0.6 is 34.4 Å². The van der Waals surface area contributed by atoms with Gasteiger partial charge in [-0.25, -0.2) is 4.79 Å². The van der Waals surface area contributed by atoms with Gasteiger partial charge in [-0.2, -0.15) is 0 Å². The minimum absolute atomic E-state index is 0.133. The van der Waals surface area contributed by atoms with E-state index in [1.807, 2.05) is 18.4 Å². The molecule has 41 heavy (non-hydrogen) atoms. The maximum Gasteiger partial charge on any atom is 0.341 e. The lowest BCUT2D eigenvalue weighted by molar-refractivity contribution is -0.115. The number of aromatic nitrogens is 3. The molecule has 1 atom stereocenters. The van der Waals surface area contributed by atoms with Crippen molar-refractivity contribution in [1.82, 2.24) is 20.1 Å². The molecule has 9 nitrogen and oxygen atoms in total. The van der Waals surface area contributed by atoms with Crippen LogP contribution < -0.4 is 10.6 Å². The van der Waals surface area contributed by atoms with E-state index in [1.165, 1.54) is 45.7 Å². The predicted molar refractivity (Wildman–Crippen MR) is 163 cm³/mol. The Morgan fingerprint density at radius 1 is 1.12 bits per heavy atom. The molecule has 0 saturated heterocycles. The van der Waals surface area contributed by atoms with Crippen LogP contribution in [-0.2, 0) is 28.9 Å². The first-order chi connectivity index (χ1) is 20.0. The lowest BCUT2D eigenvalue weighted by atomic mass is 9.95. The molecule has 2 aliphatic carbocycles. The second kappa shape index (κ2) is 14.0. The van der Waals surface area contributed by atoms with E-state index in [0.717, 1.165) is 63.4 Å². The number of anilines is 1. The predicted octanol–water partition coefficient (Wildman–Crippen LogP) is 6.40. The number of rotatable bonds is 10. The van der Waals surface area contributed by atoms with Gasteiger partial charge in [0.25, 0.3) is 5.91 Å². The highest BCUT2D eigenvalue weighted by molar-refractivity contribution is 8.00. The third-order valence-electron chi connectivity index (χ3n) is 7.62. The number of nitrogens with one attached hydrogen (secondary N) is 2. The third kappa shape index (κ3) is 7.03. The number of ether oxygens (including phenoxy) is 1. The number of amides is 2. The Morgan fingerprint density at radius 2 is 1.90 bits per heavy atom. The fourth-order valence-electron chi connectivity index (χ4n) is 5.54. The number of aryl methyl sites for hydroxylation is 1. The lowest BCUT2D eigenvalue weighted by Gasteiger charge is -2.26. The van der Waals surface area contributed by atoms with E-state index in [1.54, 1.807) is 13.0 Å². The number of esters is 1. The van der Waals surface area contributed by atoms with Gasteiger partial charge in [0.1, 0.15) is 5.00 Å². The minimum Gasteiger partial charge on any atom is -0.462 e. The van der Waals surface area contributed by atoms with Crippen LogP contribution in [0.25, 0.3) is 0 Å². The maximum absolute atomic E-state index is 13.5. The number of thiophene rings is 2. The van der Waals surface area contributed by atoms with E-state index in [9.17, 15) is 14.4 Å². The normalized spacial score (nSPS) is 16.4. The molecule has 3 aromatic rings. The number of hydrogen-bond acceptors (Lipinski definition) is 9. The van der Waals surface area contributed by atoms with Crippen LogP contribution in [0, 0.1) is 0 Å². The smallest absolute Gasteiger partial charge is 0.341 e. The van der Waals surface area contributed by atoms with Crippen LogP contribution in [0.1, 0.15) is 108 Å². The van der Waals surface area contributed by atoms with Crippen molar-refractivity contribution in [2.75, 3.05) is 11.9 Å². The zero-order valence-corrected chi connectivity index (χ0v) is 26.0. The summed E-state index contributed by atoms with van der Waals surface area (Å²) in [5.41, 5.74) is 1.56. The summed E-state index contributed by atoms with van der Waals surface area (Å²) in [4.78, 5) is 40.8. The molecular weight excluding hydrogens is 579 g/mol. The Hall–Kier alpha value is -2.70. The highest BCUT2D eigenvalue weighted by atomic mass is 32.2. The molecule has 1 saturated carbocycles. The second-order valence-electron chi connectivity index (χ2n) is 10.5. The van der Waals surface area contributed by atoms with E-state index in [2.05, 4.69) is 25.4 Å². The van der Waals surface area contributed by atoms with E-state index >= 15 is 0 Å². The third-order valence-corrected chi connectivity index (χ3v) is 10.7. The van der Waals surface area contributed by atoms with Crippen LogP contribution in [0.15, 0.2) is 22.7 Å². The number of carbonyl (C=O) groups is 3. The summed E-state index contributed by atoms with van der Waals surface area (Å²) >= 11 is 4.27. The van der Waals surface area contributed by atoms with Crippen molar-refractivity contribution >= 4 is 57.2 Å². The van der Waals surface area contributed by atoms with Gasteiger partial charge in [0.05, 0.1) is 28.8 Å². The monoisotopic (exact) mass is 615 g/mol. The summed E-state index contributed by atoms with van der Waals surface area (Å²) in [6.45, 7) is 4.20. The molecule has 12 heteroatoms. The number of carbonyl (C=O) groups excluding carboxylic acids is 3. The molecule has 5 rings (SSSR count). The molecule has 0 aromatic carbocycles. The topological polar surface area (TPSA) is 115 Å². The number of thioether (sulfide) groups is 1. The van der Waals surface area contributed by atoms with Gasteiger partial charge in [-0.15, -0.1) is 32.9 Å². The molecule has 3 heterocycles. The zero-order valence-electron chi connectivity index (χ0n) is 23.6. The Bertz CT molecular complexity index is 1360. The van der Waals surface area contributed by atoms with Crippen LogP contribution in [0.2, 0.25) is 0 Å². The van der Waals surface area contributed by atoms with Gasteiger partial charge >= 0.3 is 5.97 Å². The summed E-state index contributed by atoms with van der Waals surface area (Å²) in [6, 6.07) is 3.88. The van der Waals surface area contributed by atoms with Crippen molar-refractivity contribution < 1.29 is 19.1 Å². The summed E-state index contributed by atoms with van der Waals surface area (Å²) in [7, 11) is 0. The van der Waals surface area contributed by atoms with Crippen LogP contribution in [0.5, 0.6) is 0 Å². The molecule has 2 aliphatic rings. The van der Waals surface area contributed by atoms with Gasteiger partial charge in [0, 0.05) is 10.9 Å². The lowest BCUT2D eigenvalue weighted by Crippen LogP contribution is -2.26. The van der Waals surface area contributed by atoms with Gasteiger partial charge in [0.2, 0.25) is 5.91 Å². The van der Waals surface area contributed by atoms with Gasteiger partial charge in [0.15, 0.2) is 11.0 Å². The van der Waals surface area contributed by atoms with Gasteiger partial charge < -0.3 is 19.9 Å². The Labute approximate surface area is 252 Å². The molecular formula is C29H37N5O4S3. The van der Waals surface area contributed by atoms with Crippen molar-refractivity contribution in [2.24, 2.45) is 0 Å². The molecule has 220 valence electrons. The second-order valence-corrected chi connectivity index (χ2v) is 13.8. The Morgan fingerprint density at radius 3 is 2.66 bits per heavy atom. The molecule has 2 N–H and O–H groups in total.